The summed E-state index contributed by atoms with van der Waals surface area (Å²) in [6.07, 6.45) is 5.98. The predicted octanol–water partition coefficient (Wildman–Crippen LogP) is 5.27. The molecule has 1 aliphatic heterocycles. The third-order valence-corrected chi connectivity index (χ3v) is 7.09. The molecule has 0 unspecified atom stereocenters. The van der Waals surface area contributed by atoms with Gasteiger partial charge in [0.25, 0.3) is 0 Å². The van der Waals surface area contributed by atoms with Crippen molar-refractivity contribution in [1.82, 2.24) is 14.8 Å². The summed E-state index contributed by atoms with van der Waals surface area (Å²) in [7, 11) is 3.23. The van der Waals surface area contributed by atoms with Crippen molar-refractivity contribution in [2.45, 2.75) is 38.8 Å². The number of nitro groups is 1. The Morgan fingerprint density at radius 1 is 1.11 bits per heavy atom. The Labute approximate surface area is 220 Å². The molecule has 1 amide bonds. The second-order valence-corrected chi connectivity index (χ2v) is 9.27. The maximum atomic E-state index is 13.9. The van der Waals surface area contributed by atoms with Crippen molar-refractivity contribution in [3.05, 3.63) is 87.2 Å². The van der Waals surface area contributed by atoms with Gasteiger partial charge in [0.2, 0.25) is 5.69 Å². The van der Waals surface area contributed by atoms with Crippen LogP contribution in [0.3, 0.4) is 0 Å². The second-order valence-electron chi connectivity index (χ2n) is 9.27. The van der Waals surface area contributed by atoms with Crippen LogP contribution in [0.5, 0.6) is 11.5 Å². The summed E-state index contributed by atoms with van der Waals surface area (Å²) in [6.45, 7) is 2.22. The van der Waals surface area contributed by atoms with Crippen LogP contribution in [0.15, 0.2) is 65.4 Å². The SMILES string of the molecule is CCn1cc([N+](=O)[O-])c(C(=O)N2N=C3/C(=C/c4ccc(OC)cc4)CCC[C@H]3[C@H]2c2ccc(OC)cc2)n1. The van der Waals surface area contributed by atoms with Gasteiger partial charge < -0.3 is 9.47 Å². The van der Waals surface area contributed by atoms with E-state index in [0.29, 0.717) is 12.3 Å². The van der Waals surface area contributed by atoms with E-state index in [-0.39, 0.29) is 17.3 Å². The molecule has 1 fully saturated rings. The molecule has 10 nitrogen and oxygen atoms in total. The molecule has 0 radical (unpaired) electrons. The van der Waals surface area contributed by atoms with E-state index in [9.17, 15) is 14.9 Å². The molecule has 196 valence electrons. The molecule has 2 atom stereocenters. The van der Waals surface area contributed by atoms with E-state index in [2.05, 4.69) is 11.2 Å². The first-order valence-corrected chi connectivity index (χ1v) is 12.6. The third kappa shape index (κ3) is 4.65. The number of benzene rings is 2. The number of amides is 1. The molecule has 0 N–H and O–H groups in total. The number of hydrogen-bond donors (Lipinski definition) is 0. The molecule has 1 aliphatic carbocycles. The number of carbonyl (C=O) groups excluding carboxylic acids is 1. The van der Waals surface area contributed by atoms with Gasteiger partial charge in [-0.2, -0.15) is 10.2 Å². The van der Waals surface area contributed by atoms with Crippen LogP contribution in [-0.2, 0) is 6.54 Å². The van der Waals surface area contributed by atoms with Crippen LogP contribution >= 0.6 is 0 Å². The lowest BCUT2D eigenvalue weighted by Gasteiger charge is -2.29. The highest BCUT2D eigenvalue weighted by molar-refractivity contribution is 6.09. The summed E-state index contributed by atoms with van der Waals surface area (Å²) in [4.78, 5) is 25.1. The van der Waals surface area contributed by atoms with Gasteiger partial charge in [0.1, 0.15) is 17.7 Å². The molecule has 38 heavy (non-hydrogen) atoms. The van der Waals surface area contributed by atoms with Crippen LogP contribution in [0.25, 0.3) is 6.08 Å². The molecule has 1 saturated carbocycles. The molecule has 0 saturated heterocycles. The molecule has 2 aromatic carbocycles. The highest BCUT2D eigenvalue weighted by Crippen LogP contribution is 2.45. The van der Waals surface area contributed by atoms with Crippen molar-refractivity contribution in [2.24, 2.45) is 11.0 Å². The lowest BCUT2D eigenvalue weighted by molar-refractivity contribution is -0.385. The zero-order valence-corrected chi connectivity index (χ0v) is 21.5. The molecular weight excluding hydrogens is 486 g/mol. The van der Waals surface area contributed by atoms with Crippen LogP contribution in [0.2, 0.25) is 0 Å². The standard InChI is InChI=1S/C28H29N5O5/c1-4-31-17-24(33(35)36)26(29-31)28(34)32-27(19-10-14-22(38-3)15-11-19)23-7-5-6-20(25(23)30-32)16-18-8-12-21(37-2)13-9-18/h8-17,23,27H,4-7H2,1-3H3/b20-16+/t23-,27-/m1/s1. The average Bonchev–Trinajstić information content (AvgIpc) is 3.56. The van der Waals surface area contributed by atoms with Crippen LogP contribution in [-0.4, -0.2) is 45.6 Å². The van der Waals surface area contributed by atoms with E-state index >= 15 is 0 Å². The summed E-state index contributed by atoms with van der Waals surface area (Å²) in [5.41, 5.74) is 3.24. The van der Waals surface area contributed by atoms with Gasteiger partial charge in [-0.25, -0.2) is 5.01 Å². The largest absolute Gasteiger partial charge is 0.497 e. The normalized spacial score (nSPS) is 19.7. The van der Waals surface area contributed by atoms with E-state index in [1.54, 1.807) is 14.2 Å². The van der Waals surface area contributed by atoms with Crippen LogP contribution in [0.4, 0.5) is 5.69 Å². The quantitative estimate of drug-likeness (QED) is 0.313. The van der Waals surface area contributed by atoms with Gasteiger partial charge in [-0.15, -0.1) is 0 Å². The molecule has 10 heteroatoms. The van der Waals surface area contributed by atoms with E-state index in [4.69, 9.17) is 14.6 Å². The number of fused-ring (bicyclic) bond motifs is 1. The number of rotatable bonds is 7. The Kier molecular flexibility index (Phi) is 6.95. The van der Waals surface area contributed by atoms with Gasteiger partial charge in [-0.3, -0.25) is 19.6 Å². The first kappa shape index (κ1) is 25.2. The van der Waals surface area contributed by atoms with Crippen LogP contribution < -0.4 is 9.47 Å². The molecule has 5 rings (SSSR count). The van der Waals surface area contributed by atoms with Crippen LogP contribution in [0.1, 0.15) is 53.8 Å². The van der Waals surface area contributed by atoms with Gasteiger partial charge in [-0.05, 0) is 73.2 Å². The van der Waals surface area contributed by atoms with Gasteiger partial charge in [0.15, 0.2) is 0 Å². The first-order chi connectivity index (χ1) is 18.4. The Bertz CT molecular complexity index is 1410. The monoisotopic (exact) mass is 515 g/mol. The minimum Gasteiger partial charge on any atom is -0.497 e. The summed E-state index contributed by atoms with van der Waals surface area (Å²) in [5.74, 6) is 0.830. The Balaban J connectivity index is 1.59. The number of hydrazone groups is 1. The number of aryl methyl sites for hydroxylation is 1. The topological polar surface area (TPSA) is 112 Å². The first-order valence-electron chi connectivity index (χ1n) is 12.6. The summed E-state index contributed by atoms with van der Waals surface area (Å²) < 4.78 is 12.0. The smallest absolute Gasteiger partial charge is 0.320 e. The van der Waals surface area contributed by atoms with Crippen LogP contribution in [0, 0.1) is 16.0 Å². The Morgan fingerprint density at radius 3 is 2.37 bits per heavy atom. The maximum absolute atomic E-state index is 13.9. The number of methoxy groups -OCH3 is 2. The number of nitrogens with zero attached hydrogens (tertiary/aromatic N) is 5. The zero-order chi connectivity index (χ0) is 26.8. The number of ether oxygens (including phenoxy) is 2. The van der Waals surface area contributed by atoms with Gasteiger partial charge in [0.05, 0.1) is 30.9 Å². The third-order valence-electron chi connectivity index (χ3n) is 7.09. The van der Waals surface area contributed by atoms with Crippen molar-refractivity contribution in [2.75, 3.05) is 14.2 Å². The predicted molar refractivity (Wildman–Crippen MR) is 142 cm³/mol. The molecule has 2 aliphatic rings. The fourth-order valence-corrected chi connectivity index (χ4v) is 5.17. The minimum atomic E-state index is -0.588. The summed E-state index contributed by atoms with van der Waals surface area (Å²) >= 11 is 0. The summed E-state index contributed by atoms with van der Waals surface area (Å²) in [6, 6.07) is 14.9. The molecular formula is C28H29N5O5. The Hall–Kier alpha value is -4.47. The van der Waals surface area contributed by atoms with E-state index in [0.717, 1.165) is 47.4 Å². The summed E-state index contributed by atoms with van der Waals surface area (Å²) in [5, 5.41) is 22.2. The van der Waals surface area contributed by atoms with Crippen molar-refractivity contribution in [3.8, 4) is 11.5 Å². The van der Waals surface area contributed by atoms with E-state index < -0.39 is 16.9 Å². The average molecular weight is 516 g/mol. The molecule has 1 aromatic heterocycles. The Morgan fingerprint density at radius 2 is 1.76 bits per heavy atom. The fourth-order valence-electron chi connectivity index (χ4n) is 5.17. The van der Waals surface area contributed by atoms with Gasteiger partial charge >= 0.3 is 11.6 Å². The molecule has 0 spiro atoms. The number of allylic oxidation sites excluding steroid dienone is 1. The number of aromatic nitrogens is 2. The van der Waals surface area contributed by atoms with Crippen molar-refractivity contribution in [1.29, 1.82) is 0 Å². The van der Waals surface area contributed by atoms with Crippen molar-refractivity contribution < 1.29 is 19.2 Å². The number of carbonyl (C=O) groups is 1. The van der Waals surface area contributed by atoms with E-state index in [1.807, 2.05) is 55.5 Å². The maximum Gasteiger partial charge on any atom is 0.320 e. The molecule has 2 heterocycles. The van der Waals surface area contributed by atoms with Gasteiger partial charge in [0, 0.05) is 12.5 Å². The lowest BCUT2D eigenvalue weighted by atomic mass is 9.77. The fraction of sp³-hybridized carbons (Fsp3) is 0.321. The lowest BCUT2D eigenvalue weighted by Crippen LogP contribution is -2.32. The van der Waals surface area contributed by atoms with Crippen molar-refractivity contribution >= 4 is 23.4 Å². The highest BCUT2D eigenvalue weighted by Gasteiger charge is 2.45. The van der Waals surface area contributed by atoms with E-state index in [1.165, 1.54) is 15.9 Å². The molecule has 3 aromatic rings. The molecule has 0 bridgehead atoms. The minimum absolute atomic E-state index is 0.0575. The number of hydrogen-bond acceptors (Lipinski definition) is 7. The highest BCUT2D eigenvalue weighted by atomic mass is 16.6. The van der Waals surface area contributed by atoms with Crippen molar-refractivity contribution in [3.63, 3.8) is 0 Å². The zero-order valence-electron chi connectivity index (χ0n) is 21.5. The second kappa shape index (κ2) is 10.5. The van der Waals surface area contributed by atoms with Gasteiger partial charge in [-0.1, -0.05) is 24.3 Å².